The van der Waals surface area contributed by atoms with Gasteiger partial charge in [-0.3, -0.25) is 14.7 Å². The molecule has 6 rings (SSSR count). The smallest absolute Gasteiger partial charge is 0.331 e. The molecule has 3 aromatic heterocycles. The van der Waals surface area contributed by atoms with Gasteiger partial charge in [0.05, 0.1) is 22.4 Å². The molecule has 37 heavy (non-hydrogen) atoms. The van der Waals surface area contributed by atoms with Gasteiger partial charge in [0.1, 0.15) is 4.83 Å². The highest BCUT2D eigenvalue weighted by molar-refractivity contribution is 7.19. The van der Waals surface area contributed by atoms with Crippen molar-refractivity contribution in [3.63, 3.8) is 0 Å². The van der Waals surface area contributed by atoms with Crippen molar-refractivity contribution in [2.24, 2.45) is 0 Å². The lowest BCUT2D eigenvalue weighted by molar-refractivity contribution is -0.127. The number of nitrogens with one attached hydrogen (secondary N) is 2. The Balaban J connectivity index is 1.30. The quantitative estimate of drug-likeness (QED) is 0.343. The third-order valence-electron chi connectivity index (χ3n) is 6.90. The van der Waals surface area contributed by atoms with Crippen LogP contribution < -0.4 is 15.5 Å². The zero-order valence-electron chi connectivity index (χ0n) is 20.2. The van der Waals surface area contributed by atoms with Gasteiger partial charge in [-0.25, -0.2) is 9.78 Å². The van der Waals surface area contributed by atoms with Gasteiger partial charge in [-0.05, 0) is 60.4 Å². The number of piperidine rings is 1. The molecule has 0 radical (unpaired) electrons. The van der Waals surface area contributed by atoms with Crippen LogP contribution in [0.2, 0.25) is 0 Å². The van der Waals surface area contributed by atoms with Crippen LogP contribution in [0.25, 0.3) is 21.3 Å². The molecule has 2 N–H and O–H groups in total. The Hall–Kier alpha value is -4.08. The molecule has 5 heterocycles. The first kappa shape index (κ1) is 23.3. The molecule has 2 aliphatic rings. The number of aromatic nitrogens is 2. The molecular formula is C28H26N6O2S. The average molecular weight is 511 g/mol. The molecule has 0 saturated carbocycles. The Morgan fingerprint density at radius 2 is 2.05 bits per heavy atom. The van der Waals surface area contributed by atoms with Gasteiger partial charge in [0.15, 0.2) is 0 Å². The summed E-state index contributed by atoms with van der Waals surface area (Å²) in [5.41, 5.74) is 4.46. The normalized spacial score (nSPS) is 17.1. The molecule has 1 atom stereocenters. The lowest BCUT2D eigenvalue weighted by Gasteiger charge is -2.33. The monoisotopic (exact) mass is 510 g/mol. The predicted molar refractivity (Wildman–Crippen MR) is 147 cm³/mol. The first-order valence-corrected chi connectivity index (χ1v) is 13.1. The number of hydrogen-bond donors (Lipinski definition) is 2. The van der Waals surface area contributed by atoms with Crippen molar-refractivity contribution in [1.82, 2.24) is 20.2 Å². The lowest BCUT2D eigenvalue weighted by Crippen LogP contribution is -2.47. The standard InChI is InChI=1S/C28H26N6O2S/c1-2-24(35)33-14-4-6-20(17-33)31-16-23-26-25-22(10-13-30-27(25)37-23)34(28(36)32-26)21-7-3-5-19(15-21)18-8-11-29-12-9-18/h2-3,5,7-13,15,20,31H,1,4,6,14,16-17H2,(H,32,36)/t20-/m1/s1. The van der Waals surface area contributed by atoms with E-state index in [0.29, 0.717) is 13.1 Å². The van der Waals surface area contributed by atoms with E-state index < -0.39 is 0 Å². The van der Waals surface area contributed by atoms with Gasteiger partial charge in [0.25, 0.3) is 0 Å². The number of anilines is 3. The number of pyridine rings is 2. The van der Waals surface area contributed by atoms with E-state index in [0.717, 1.165) is 62.7 Å². The maximum Gasteiger partial charge on any atom is 0.331 e. The van der Waals surface area contributed by atoms with Crippen LogP contribution in [0, 0.1) is 0 Å². The van der Waals surface area contributed by atoms with Gasteiger partial charge >= 0.3 is 6.03 Å². The molecular weight excluding hydrogens is 484 g/mol. The Kier molecular flexibility index (Phi) is 6.15. The molecule has 1 fully saturated rings. The topological polar surface area (TPSA) is 90.5 Å². The zero-order valence-corrected chi connectivity index (χ0v) is 21.0. The van der Waals surface area contributed by atoms with E-state index in [9.17, 15) is 9.59 Å². The molecule has 4 aromatic rings. The van der Waals surface area contributed by atoms with Crippen molar-refractivity contribution in [2.45, 2.75) is 25.4 Å². The van der Waals surface area contributed by atoms with Crippen LogP contribution in [0.3, 0.4) is 0 Å². The maximum atomic E-state index is 13.5. The van der Waals surface area contributed by atoms with Crippen molar-refractivity contribution >= 4 is 50.6 Å². The molecule has 8 nitrogen and oxygen atoms in total. The van der Waals surface area contributed by atoms with E-state index in [-0.39, 0.29) is 18.0 Å². The van der Waals surface area contributed by atoms with E-state index in [4.69, 9.17) is 0 Å². The van der Waals surface area contributed by atoms with Crippen LogP contribution in [-0.4, -0.2) is 45.9 Å². The Morgan fingerprint density at radius 3 is 2.89 bits per heavy atom. The predicted octanol–water partition coefficient (Wildman–Crippen LogP) is 5.31. The van der Waals surface area contributed by atoms with Crippen LogP contribution in [0.15, 0.2) is 73.7 Å². The molecule has 3 amide bonds. The Morgan fingerprint density at radius 1 is 1.19 bits per heavy atom. The molecule has 1 aromatic carbocycles. The van der Waals surface area contributed by atoms with Gasteiger partial charge in [-0.2, -0.15) is 0 Å². The minimum atomic E-state index is -0.202. The minimum absolute atomic E-state index is 0.0300. The first-order chi connectivity index (χ1) is 18.1. The summed E-state index contributed by atoms with van der Waals surface area (Å²) in [4.78, 5) is 39.7. The number of nitrogens with zero attached hydrogens (tertiary/aromatic N) is 4. The van der Waals surface area contributed by atoms with Gasteiger partial charge in [-0.1, -0.05) is 18.7 Å². The summed E-state index contributed by atoms with van der Waals surface area (Å²) in [6.45, 7) is 5.62. The Bertz CT molecular complexity index is 1500. The second-order valence-corrected chi connectivity index (χ2v) is 10.3. The lowest BCUT2D eigenvalue weighted by atomic mass is 10.0. The van der Waals surface area contributed by atoms with E-state index in [1.165, 1.54) is 6.08 Å². The van der Waals surface area contributed by atoms with E-state index >= 15 is 0 Å². The molecule has 0 aliphatic carbocycles. The molecule has 9 heteroatoms. The van der Waals surface area contributed by atoms with Crippen molar-refractivity contribution in [2.75, 3.05) is 23.3 Å². The third kappa shape index (κ3) is 4.36. The Labute approximate surface area is 218 Å². The summed E-state index contributed by atoms with van der Waals surface area (Å²) in [5.74, 6) is -0.0300. The summed E-state index contributed by atoms with van der Waals surface area (Å²) >= 11 is 1.58. The number of thiophene rings is 1. The molecule has 1 saturated heterocycles. The van der Waals surface area contributed by atoms with Gasteiger partial charge in [0, 0.05) is 49.1 Å². The van der Waals surface area contributed by atoms with Crippen molar-refractivity contribution in [3.8, 4) is 11.1 Å². The second-order valence-electron chi connectivity index (χ2n) is 9.17. The van der Waals surface area contributed by atoms with Gasteiger partial charge in [0.2, 0.25) is 5.91 Å². The summed E-state index contributed by atoms with van der Waals surface area (Å²) in [5, 5.41) is 7.68. The van der Waals surface area contributed by atoms with E-state index in [2.05, 4.69) is 27.2 Å². The highest BCUT2D eigenvalue weighted by Crippen LogP contribution is 2.46. The fraction of sp³-hybridized carbons (Fsp3) is 0.214. The van der Waals surface area contributed by atoms with Crippen molar-refractivity contribution in [3.05, 3.63) is 78.6 Å². The molecule has 0 spiro atoms. The van der Waals surface area contributed by atoms with Crippen molar-refractivity contribution < 1.29 is 9.59 Å². The fourth-order valence-electron chi connectivity index (χ4n) is 5.10. The van der Waals surface area contributed by atoms with Crippen LogP contribution in [0.4, 0.5) is 21.9 Å². The van der Waals surface area contributed by atoms with Crippen molar-refractivity contribution in [1.29, 1.82) is 0 Å². The zero-order chi connectivity index (χ0) is 25.4. The first-order valence-electron chi connectivity index (χ1n) is 12.3. The number of carbonyl (C=O) groups is 2. The highest BCUT2D eigenvalue weighted by Gasteiger charge is 2.31. The summed E-state index contributed by atoms with van der Waals surface area (Å²) < 4.78 is 0. The largest absolute Gasteiger partial charge is 0.338 e. The highest BCUT2D eigenvalue weighted by atomic mass is 32.1. The number of hydrogen-bond acceptors (Lipinski definition) is 6. The van der Waals surface area contributed by atoms with E-state index in [1.54, 1.807) is 34.8 Å². The number of amides is 3. The number of likely N-dealkylation sites (tertiary alicyclic amines) is 1. The number of carbonyl (C=O) groups excluding carboxylic acids is 2. The molecule has 0 bridgehead atoms. The second kappa shape index (κ2) is 9.76. The summed E-state index contributed by atoms with van der Waals surface area (Å²) in [6, 6.07) is 13.7. The average Bonchev–Trinajstić information content (AvgIpc) is 3.30. The van der Waals surface area contributed by atoms with Gasteiger partial charge in [-0.15, -0.1) is 11.3 Å². The fourth-order valence-corrected chi connectivity index (χ4v) is 6.17. The van der Waals surface area contributed by atoms with Crippen LogP contribution in [-0.2, 0) is 11.3 Å². The molecule has 186 valence electrons. The number of urea groups is 1. The minimum Gasteiger partial charge on any atom is -0.338 e. The summed E-state index contributed by atoms with van der Waals surface area (Å²) in [7, 11) is 0. The maximum absolute atomic E-state index is 13.5. The molecule has 0 unspecified atom stereocenters. The van der Waals surface area contributed by atoms with E-state index in [1.807, 2.05) is 47.4 Å². The molecule has 2 aliphatic heterocycles. The van der Waals surface area contributed by atoms with Gasteiger partial charge < -0.3 is 15.5 Å². The SMILES string of the molecule is C=CC(=O)N1CCC[C@@H](NCc2sc3nccc4c3c2NC(=O)N4c2cccc(-c3ccncc3)c2)C1. The summed E-state index contributed by atoms with van der Waals surface area (Å²) in [6.07, 6.45) is 8.60. The van der Waals surface area contributed by atoms with Crippen LogP contribution in [0.5, 0.6) is 0 Å². The number of rotatable bonds is 6. The third-order valence-corrected chi connectivity index (χ3v) is 7.99. The van der Waals surface area contributed by atoms with Crippen LogP contribution >= 0.6 is 11.3 Å². The number of benzene rings is 1. The van der Waals surface area contributed by atoms with Crippen LogP contribution in [0.1, 0.15) is 17.7 Å².